The average molecular weight is 401 g/mol. The number of sulfonamides is 1. The van der Waals surface area contributed by atoms with E-state index in [0.717, 1.165) is 6.42 Å². The molecule has 9 heteroatoms. The summed E-state index contributed by atoms with van der Waals surface area (Å²) in [6, 6.07) is 14.1. The van der Waals surface area contributed by atoms with Crippen molar-refractivity contribution in [2.24, 2.45) is 4.99 Å². The number of nitrogens with one attached hydrogen (secondary N) is 2. The Hall–Kier alpha value is -3.20. The number of hydrogen-bond acceptors (Lipinski definition) is 6. The normalized spacial score (nSPS) is 13.5. The topological polar surface area (TPSA) is 114 Å². The summed E-state index contributed by atoms with van der Waals surface area (Å²) < 4.78 is 32.2. The number of amides is 1. The fourth-order valence-electron chi connectivity index (χ4n) is 2.56. The van der Waals surface area contributed by atoms with Crippen LogP contribution in [0, 0.1) is 0 Å². The molecule has 146 valence electrons. The Kier molecular flexibility index (Phi) is 6.05. The highest BCUT2D eigenvalue weighted by atomic mass is 32.2. The van der Waals surface area contributed by atoms with Gasteiger partial charge in [-0.25, -0.2) is 13.2 Å². The molecule has 1 aliphatic rings. The van der Waals surface area contributed by atoms with E-state index >= 15 is 0 Å². The van der Waals surface area contributed by atoms with E-state index in [0.29, 0.717) is 24.4 Å². The van der Waals surface area contributed by atoms with Gasteiger partial charge in [0, 0.05) is 18.7 Å². The van der Waals surface area contributed by atoms with Crippen molar-refractivity contribution < 1.29 is 22.7 Å². The molecule has 0 bridgehead atoms. The molecule has 0 saturated heterocycles. The van der Waals surface area contributed by atoms with E-state index < -0.39 is 28.5 Å². The molecule has 0 radical (unpaired) electrons. The number of ether oxygens (including phenoxy) is 1. The first-order chi connectivity index (χ1) is 13.4. The zero-order valence-electron chi connectivity index (χ0n) is 14.9. The number of nitrogens with zero attached hydrogens (tertiary/aromatic N) is 1. The van der Waals surface area contributed by atoms with E-state index in [1.807, 2.05) is 0 Å². The number of hydrogen-bond donors (Lipinski definition) is 2. The predicted octanol–water partition coefficient (Wildman–Crippen LogP) is 1.95. The first-order valence-corrected chi connectivity index (χ1v) is 10.1. The average Bonchev–Trinajstić information content (AvgIpc) is 3.19. The number of esters is 1. The van der Waals surface area contributed by atoms with Crippen LogP contribution in [0.3, 0.4) is 0 Å². The zero-order valence-corrected chi connectivity index (χ0v) is 15.7. The zero-order chi connectivity index (χ0) is 20.0. The molecule has 2 aromatic carbocycles. The van der Waals surface area contributed by atoms with Crippen LogP contribution in [0.5, 0.6) is 0 Å². The lowest BCUT2D eigenvalue weighted by atomic mass is 10.2. The fourth-order valence-corrected chi connectivity index (χ4v) is 3.70. The summed E-state index contributed by atoms with van der Waals surface area (Å²) in [5.74, 6) is -0.761. The number of benzene rings is 2. The highest BCUT2D eigenvalue weighted by Gasteiger charge is 2.19. The second-order valence-electron chi connectivity index (χ2n) is 6.06. The lowest BCUT2D eigenvalue weighted by Crippen LogP contribution is -2.29. The third kappa shape index (κ3) is 5.17. The van der Waals surface area contributed by atoms with Gasteiger partial charge in [0.25, 0.3) is 15.9 Å². The van der Waals surface area contributed by atoms with Crippen molar-refractivity contribution >= 4 is 33.4 Å². The predicted molar refractivity (Wildman–Crippen MR) is 104 cm³/mol. The molecule has 0 aromatic heterocycles. The minimum absolute atomic E-state index is 0.00109. The number of carbonyl (C=O) groups is 2. The van der Waals surface area contributed by atoms with Crippen LogP contribution >= 0.6 is 0 Å². The third-order valence-corrected chi connectivity index (χ3v) is 5.28. The molecule has 0 fully saturated rings. The molecular formula is C19H19N3O5S. The quantitative estimate of drug-likeness (QED) is 0.718. The summed E-state index contributed by atoms with van der Waals surface area (Å²) in [6.07, 6.45) is 1.40. The molecular weight excluding hydrogens is 382 g/mol. The summed E-state index contributed by atoms with van der Waals surface area (Å²) in [5, 5.41) is 2.52. The summed E-state index contributed by atoms with van der Waals surface area (Å²) in [4.78, 5) is 28.0. The van der Waals surface area contributed by atoms with Crippen LogP contribution in [0.1, 0.15) is 23.2 Å². The van der Waals surface area contributed by atoms with Gasteiger partial charge in [0.2, 0.25) is 0 Å². The molecule has 1 aliphatic heterocycles. The Morgan fingerprint density at radius 3 is 2.57 bits per heavy atom. The van der Waals surface area contributed by atoms with Gasteiger partial charge in [-0.15, -0.1) is 0 Å². The Labute approximate surface area is 162 Å². The Balaban J connectivity index is 1.59. The van der Waals surface area contributed by atoms with Crippen LogP contribution in [0.15, 0.2) is 64.5 Å². The molecule has 8 nitrogen and oxygen atoms in total. The summed E-state index contributed by atoms with van der Waals surface area (Å²) in [7, 11) is -3.78. The van der Waals surface area contributed by atoms with Crippen LogP contribution in [0.25, 0.3) is 0 Å². The van der Waals surface area contributed by atoms with Crippen molar-refractivity contribution in [1.82, 2.24) is 4.72 Å². The first-order valence-electron chi connectivity index (χ1n) is 8.62. The van der Waals surface area contributed by atoms with Gasteiger partial charge in [0.15, 0.2) is 6.61 Å². The third-order valence-electron chi connectivity index (χ3n) is 3.90. The van der Waals surface area contributed by atoms with Crippen LogP contribution in [0.2, 0.25) is 0 Å². The minimum Gasteiger partial charge on any atom is -0.452 e. The molecule has 0 spiro atoms. The van der Waals surface area contributed by atoms with E-state index in [9.17, 15) is 18.0 Å². The number of anilines is 1. The van der Waals surface area contributed by atoms with Crippen molar-refractivity contribution in [3.8, 4) is 0 Å². The van der Waals surface area contributed by atoms with E-state index in [4.69, 9.17) is 4.74 Å². The van der Waals surface area contributed by atoms with E-state index in [1.54, 1.807) is 36.4 Å². The summed E-state index contributed by atoms with van der Waals surface area (Å²) >= 11 is 0. The molecule has 0 unspecified atom stereocenters. The fraction of sp³-hybridized carbons (Fsp3) is 0.211. The van der Waals surface area contributed by atoms with Crippen LogP contribution in [0.4, 0.5) is 5.69 Å². The summed E-state index contributed by atoms with van der Waals surface area (Å²) in [5.41, 5.74) is 0.612. The maximum atomic E-state index is 12.4. The molecule has 2 N–H and O–H groups in total. The van der Waals surface area contributed by atoms with Crippen LogP contribution in [-0.2, 0) is 19.6 Å². The van der Waals surface area contributed by atoms with Crippen molar-refractivity contribution in [2.75, 3.05) is 18.5 Å². The second-order valence-corrected chi connectivity index (χ2v) is 7.74. The SMILES string of the molecule is O=C(COC(=O)c1ccccc1)Nc1cccc(S(=O)(=O)NC2=NCCC2)c1. The standard InChI is InChI=1S/C19H19N3O5S/c23-18(13-27-19(24)14-6-2-1-3-7-14)21-15-8-4-9-16(12-15)28(25,26)22-17-10-5-11-20-17/h1-4,6-9,12H,5,10-11,13H2,(H,20,22)(H,21,23). The van der Waals surface area contributed by atoms with E-state index in [-0.39, 0.29) is 10.6 Å². The van der Waals surface area contributed by atoms with Gasteiger partial charge in [-0.3, -0.25) is 14.5 Å². The smallest absolute Gasteiger partial charge is 0.338 e. The van der Waals surface area contributed by atoms with Crippen molar-refractivity contribution in [3.05, 3.63) is 60.2 Å². The van der Waals surface area contributed by atoms with Gasteiger partial charge in [0.1, 0.15) is 5.84 Å². The molecule has 2 aromatic rings. The Morgan fingerprint density at radius 2 is 1.86 bits per heavy atom. The molecule has 3 rings (SSSR count). The number of carbonyl (C=O) groups excluding carboxylic acids is 2. The molecule has 0 atom stereocenters. The number of aliphatic imine (C=N–C) groups is 1. The summed E-state index contributed by atoms with van der Waals surface area (Å²) in [6.45, 7) is 0.120. The Morgan fingerprint density at radius 1 is 1.07 bits per heavy atom. The van der Waals surface area contributed by atoms with E-state index in [2.05, 4.69) is 15.0 Å². The van der Waals surface area contributed by atoms with Gasteiger partial charge in [-0.05, 0) is 36.8 Å². The molecule has 1 amide bonds. The number of amidine groups is 1. The Bertz CT molecular complexity index is 1000. The molecule has 28 heavy (non-hydrogen) atoms. The number of rotatable bonds is 6. The maximum Gasteiger partial charge on any atom is 0.338 e. The van der Waals surface area contributed by atoms with Gasteiger partial charge in [-0.1, -0.05) is 24.3 Å². The molecule has 0 aliphatic carbocycles. The van der Waals surface area contributed by atoms with Gasteiger partial charge in [0.05, 0.1) is 10.5 Å². The monoisotopic (exact) mass is 401 g/mol. The van der Waals surface area contributed by atoms with Gasteiger partial charge >= 0.3 is 5.97 Å². The van der Waals surface area contributed by atoms with Crippen molar-refractivity contribution in [3.63, 3.8) is 0 Å². The minimum atomic E-state index is -3.78. The van der Waals surface area contributed by atoms with Crippen molar-refractivity contribution in [2.45, 2.75) is 17.7 Å². The van der Waals surface area contributed by atoms with Crippen LogP contribution in [-0.4, -0.2) is 39.3 Å². The van der Waals surface area contributed by atoms with E-state index in [1.165, 1.54) is 18.2 Å². The van der Waals surface area contributed by atoms with Gasteiger partial charge < -0.3 is 10.1 Å². The van der Waals surface area contributed by atoms with Gasteiger partial charge in [-0.2, -0.15) is 0 Å². The highest BCUT2D eigenvalue weighted by Crippen LogP contribution is 2.16. The molecule has 1 heterocycles. The lowest BCUT2D eigenvalue weighted by molar-refractivity contribution is -0.119. The largest absolute Gasteiger partial charge is 0.452 e. The lowest BCUT2D eigenvalue weighted by Gasteiger charge is -2.10. The van der Waals surface area contributed by atoms with Crippen molar-refractivity contribution in [1.29, 1.82) is 0 Å². The van der Waals surface area contributed by atoms with Crippen LogP contribution < -0.4 is 10.0 Å². The molecule has 0 saturated carbocycles. The first kappa shape index (κ1) is 19.6. The highest BCUT2D eigenvalue weighted by molar-refractivity contribution is 7.90. The maximum absolute atomic E-state index is 12.4. The second kappa shape index (κ2) is 8.66.